The normalized spacial score (nSPS) is 16.3. The van der Waals surface area contributed by atoms with Gasteiger partial charge in [-0.3, -0.25) is 4.68 Å². The van der Waals surface area contributed by atoms with Gasteiger partial charge in [0.2, 0.25) is 5.88 Å². The molecule has 1 saturated heterocycles. The molecule has 0 N–H and O–H groups in total. The number of aromatic nitrogens is 5. The minimum atomic E-state index is -0.492. The SMILES string of the molecule is COc1ncc(-n2nc3c(c2-c2cnn(CC4CCN(C(=O)OC(C)(C)C)CC4)c2)CCOCC3)cc1C#N. The summed E-state index contributed by atoms with van der Waals surface area (Å²) in [6, 6.07) is 3.91. The lowest BCUT2D eigenvalue weighted by atomic mass is 9.97. The van der Waals surface area contributed by atoms with Crippen molar-refractivity contribution in [3.63, 3.8) is 0 Å². The molecule has 1 amide bonds. The van der Waals surface area contributed by atoms with Crippen LogP contribution in [0.15, 0.2) is 24.7 Å². The van der Waals surface area contributed by atoms with E-state index in [1.807, 2.05) is 36.3 Å². The van der Waals surface area contributed by atoms with E-state index in [-0.39, 0.29) is 12.0 Å². The van der Waals surface area contributed by atoms with Crippen LogP contribution < -0.4 is 4.74 Å². The zero-order chi connectivity index (χ0) is 27.6. The Bertz CT molecular complexity index is 1370. The summed E-state index contributed by atoms with van der Waals surface area (Å²) >= 11 is 0. The number of rotatable bonds is 5. The van der Waals surface area contributed by atoms with Gasteiger partial charge in [0.15, 0.2) is 0 Å². The molecule has 3 aromatic rings. The van der Waals surface area contributed by atoms with E-state index in [1.54, 1.807) is 17.2 Å². The number of nitrogens with zero attached hydrogens (tertiary/aromatic N) is 7. The van der Waals surface area contributed by atoms with Crippen molar-refractivity contribution < 1.29 is 19.0 Å². The Morgan fingerprint density at radius 3 is 2.69 bits per heavy atom. The summed E-state index contributed by atoms with van der Waals surface area (Å²) in [6.45, 7) is 9.04. The topological polar surface area (TPSA) is 120 Å². The molecule has 0 radical (unpaired) electrons. The molecule has 11 nitrogen and oxygen atoms in total. The van der Waals surface area contributed by atoms with Crippen molar-refractivity contribution in [2.75, 3.05) is 33.4 Å². The van der Waals surface area contributed by atoms with Crippen LogP contribution in [0.2, 0.25) is 0 Å². The zero-order valence-corrected chi connectivity index (χ0v) is 23.0. The number of pyridine rings is 1. The molecule has 0 spiro atoms. The van der Waals surface area contributed by atoms with Gasteiger partial charge in [-0.15, -0.1) is 0 Å². The van der Waals surface area contributed by atoms with Crippen LogP contribution in [0.1, 0.15) is 50.4 Å². The lowest BCUT2D eigenvalue weighted by molar-refractivity contribution is 0.0177. The van der Waals surface area contributed by atoms with E-state index in [4.69, 9.17) is 19.3 Å². The number of likely N-dealkylation sites (tertiary alicyclic amines) is 1. The summed E-state index contributed by atoms with van der Waals surface area (Å²) in [6.07, 6.45) is 8.62. The Hall–Kier alpha value is -3.91. The monoisotopic (exact) mass is 533 g/mol. The summed E-state index contributed by atoms with van der Waals surface area (Å²) in [5.74, 6) is 0.700. The van der Waals surface area contributed by atoms with Crippen LogP contribution in [0.4, 0.5) is 4.79 Å². The average molecular weight is 534 g/mol. The highest BCUT2D eigenvalue weighted by molar-refractivity contribution is 5.68. The van der Waals surface area contributed by atoms with Crippen molar-refractivity contribution in [2.45, 2.75) is 58.6 Å². The van der Waals surface area contributed by atoms with Gasteiger partial charge in [-0.1, -0.05) is 0 Å². The number of carbonyl (C=O) groups excluding carboxylic acids is 1. The third-order valence-electron chi connectivity index (χ3n) is 7.06. The van der Waals surface area contributed by atoms with Crippen LogP contribution in [-0.2, 0) is 28.9 Å². The fourth-order valence-corrected chi connectivity index (χ4v) is 5.16. The maximum Gasteiger partial charge on any atom is 0.410 e. The van der Waals surface area contributed by atoms with E-state index in [9.17, 15) is 10.1 Å². The summed E-state index contributed by atoms with van der Waals surface area (Å²) in [5, 5.41) is 19.2. The van der Waals surface area contributed by atoms with Gasteiger partial charge in [-0.05, 0) is 52.0 Å². The average Bonchev–Trinajstić information content (AvgIpc) is 3.44. The molecule has 3 aromatic heterocycles. The second kappa shape index (κ2) is 11.1. The molecule has 0 atom stereocenters. The molecule has 2 aliphatic heterocycles. The Morgan fingerprint density at radius 1 is 1.21 bits per heavy atom. The van der Waals surface area contributed by atoms with Crippen LogP contribution in [0.3, 0.4) is 0 Å². The summed E-state index contributed by atoms with van der Waals surface area (Å²) in [5.41, 5.74) is 4.56. The number of piperidine rings is 1. The standard InChI is InChI=1S/C28H35N7O4/c1-28(2,3)39-27(36)33-9-5-19(6-10-33)17-34-18-21(15-31-34)25-23-7-11-38-12-8-24(23)32-35(25)22-13-20(14-29)26(37-4)30-16-22/h13,15-16,18-19H,5-12,17H2,1-4H3. The molecule has 5 heterocycles. The van der Waals surface area contributed by atoms with Crippen molar-refractivity contribution in [2.24, 2.45) is 5.92 Å². The Labute approximate surface area is 228 Å². The number of carbonyl (C=O) groups is 1. The first-order valence-corrected chi connectivity index (χ1v) is 13.4. The molecule has 39 heavy (non-hydrogen) atoms. The zero-order valence-electron chi connectivity index (χ0n) is 23.0. The second-order valence-electron chi connectivity index (χ2n) is 11.0. The smallest absolute Gasteiger partial charge is 0.410 e. The first-order chi connectivity index (χ1) is 18.8. The van der Waals surface area contributed by atoms with Crippen molar-refractivity contribution in [3.05, 3.63) is 41.5 Å². The van der Waals surface area contributed by atoms with Crippen LogP contribution in [0, 0.1) is 17.2 Å². The fourth-order valence-electron chi connectivity index (χ4n) is 5.16. The highest BCUT2D eigenvalue weighted by Crippen LogP contribution is 2.32. The molecule has 0 aliphatic carbocycles. The van der Waals surface area contributed by atoms with Crippen molar-refractivity contribution in [1.82, 2.24) is 29.4 Å². The van der Waals surface area contributed by atoms with E-state index in [1.165, 1.54) is 7.11 Å². The first-order valence-electron chi connectivity index (χ1n) is 13.4. The number of amides is 1. The van der Waals surface area contributed by atoms with Gasteiger partial charge in [0.05, 0.1) is 49.8 Å². The van der Waals surface area contributed by atoms with Gasteiger partial charge in [-0.25, -0.2) is 14.5 Å². The number of fused-ring (bicyclic) bond motifs is 1. The highest BCUT2D eigenvalue weighted by atomic mass is 16.6. The molecular formula is C28H35N7O4. The largest absolute Gasteiger partial charge is 0.480 e. The number of methoxy groups -OCH3 is 1. The molecule has 5 rings (SSSR count). The number of ether oxygens (including phenoxy) is 3. The third-order valence-corrected chi connectivity index (χ3v) is 7.06. The number of hydrogen-bond acceptors (Lipinski definition) is 8. The molecule has 1 fully saturated rings. The lowest BCUT2D eigenvalue weighted by Gasteiger charge is -2.33. The van der Waals surface area contributed by atoms with Crippen LogP contribution in [0.25, 0.3) is 16.9 Å². The van der Waals surface area contributed by atoms with Gasteiger partial charge in [0.25, 0.3) is 0 Å². The maximum absolute atomic E-state index is 12.4. The molecule has 2 aliphatic rings. The van der Waals surface area contributed by atoms with Gasteiger partial charge in [-0.2, -0.15) is 15.5 Å². The van der Waals surface area contributed by atoms with Gasteiger partial charge >= 0.3 is 6.09 Å². The Morgan fingerprint density at radius 2 is 1.97 bits per heavy atom. The lowest BCUT2D eigenvalue weighted by Crippen LogP contribution is -2.42. The van der Waals surface area contributed by atoms with E-state index in [0.717, 1.165) is 48.3 Å². The minimum absolute atomic E-state index is 0.243. The number of nitriles is 1. The molecule has 11 heteroatoms. The molecular weight excluding hydrogens is 498 g/mol. The van der Waals surface area contributed by atoms with E-state index in [2.05, 4.69) is 22.3 Å². The Kier molecular flexibility index (Phi) is 7.57. The summed E-state index contributed by atoms with van der Waals surface area (Å²) in [4.78, 5) is 18.6. The molecule has 0 bridgehead atoms. The van der Waals surface area contributed by atoms with Crippen LogP contribution in [0.5, 0.6) is 5.88 Å². The minimum Gasteiger partial charge on any atom is -0.480 e. The fraction of sp³-hybridized carbons (Fsp3) is 0.536. The van der Waals surface area contributed by atoms with Gasteiger partial charge in [0.1, 0.15) is 17.2 Å². The maximum atomic E-state index is 12.4. The van der Waals surface area contributed by atoms with Crippen LogP contribution in [-0.4, -0.2) is 74.6 Å². The predicted molar refractivity (Wildman–Crippen MR) is 143 cm³/mol. The second-order valence-corrected chi connectivity index (χ2v) is 11.0. The van der Waals surface area contributed by atoms with E-state index < -0.39 is 5.60 Å². The molecule has 0 saturated carbocycles. The predicted octanol–water partition coefficient (Wildman–Crippen LogP) is 3.77. The van der Waals surface area contributed by atoms with Crippen molar-refractivity contribution in [1.29, 1.82) is 5.26 Å². The van der Waals surface area contributed by atoms with Gasteiger partial charge in [0, 0.05) is 43.4 Å². The number of hydrogen-bond donors (Lipinski definition) is 0. The van der Waals surface area contributed by atoms with E-state index >= 15 is 0 Å². The summed E-state index contributed by atoms with van der Waals surface area (Å²) < 4.78 is 20.3. The van der Waals surface area contributed by atoms with E-state index in [0.29, 0.717) is 49.9 Å². The first kappa shape index (κ1) is 26.7. The molecule has 0 unspecified atom stereocenters. The summed E-state index contributed by atoms with van der Waals surface area (Å²) in [7, 11) is 1.50. The van der Waals surface area contributed by atoms with Crippen LogP contribution >= 0.6 is 0 Å². The Balaban J connectivity index is 1.37. The third kappa shape index (κ3) is 5.91. The highest BCUT2D eigenvalue weighted by Gasteiger charge is 2.28. The van der Waals surface area contributed by atoms with Crippen molar-refractivity contribution >= 4 is 6.09 Å². The molecule has 0 aromatic carbocycles. The van der Waals surface area contributed by atoms with Gasteiger partial charge < -0.3 is 19.1 Å². The van der Waals surface area contributed by atoms with Crippen molar-refractivity contribution in [3.8, 4) is 28.9 Å². The molecule has 206 valence electrons. The quantitative estimate of drug-likeness (QED) is 0.486.